The molecular formula is C14H21FeN. The van der Waals surface area contributed by atoms with Gasteiger partial charge in [0.05, 0.1) is 0 Å². The van der Waals surface area contributed by atoms with Crippen LogP contribution in [0.15, 0.2) is 0 Å². The van der Waals surface area contributed by atoms with Gasteiger partial charge in [0.15, 0.2) is 0 Å². The predicted molar refractivity (Wildman–Crippen MR) is 61.7 cm³/mol. The SMILES string of the molecule is CCN(C)C.[CH]12[CH]3[CH]4[CH]5[CH]1[Fe]23451678[CH]2[CH]1[CH]6[CH]7[CH]28. The van der Waals surface area contributed by atoms with E-state index in [4.69, 9.17) is 0 Å². The van der Waals surface area contributed by atoms with Crippen molar-refractivity contribution in [1.82, 2.24) is 4.90 Å². The van der Waals surface area contributed by atoms with Crippen LogP contribution >= 0.6 is 0 Å². The number of fused-ring (bicyclic) bond motifs is 10. The van der Waals surface area contributed by atoms with Crippen molar-refractivity contribution in [2.45, 2.75) is 55.1 Å². The number of rotatable bonds is 1. The van der Waals surface area contributed by atoms with Crippen LogP contribution in [0.2, 0.25) is 48.2 Å². The molecule has 0 atom stereocenters. The van der Waals surface area contributed by atoms with E-state index < -0.39 is 6.51 Å². The molecule has 0 bridgehead atoms. The average Bonchev–Trinajstić information content (AvgIpc) is 3.21. The van der Waals surface area contributed by atoms with Crippen molar-refractivity contribution >= 4 is 0 Å². The molecule has 10 saturated heterocycles. The first kappa shape index (κ1) is 6.59. The Hall–Kier alpha value is 0.479. The van der Waals surface area contributed by atoms with Gasteiger partial charge in [0.25, 0.3) is 0 Å². The molecule has 0 aromatic rings. The molecule has 16 heavy (non-hydrogen) atoms. The molecule has 90 valence electrons. The molecule has 0 aromatic heterocycles. The molecule has 10 fully saturated rings. The Morgan fingerprint density at radius 3 is 0.875 bits per heavy atom. The monoisotopic (exact) mass is 259 g/mol. The zero-order chi connectivity index (χ0) is 10.4. The third kappa shape index (κ3) is 0.0642. The Balaban J connectivity index is 0.000000105. The molecular weight excluding hydrogens is 238 g/mol. The van der Waals surface area contributed by atoms with Gasteiger partial charge in [-0.3, -0.25) is 0 Å². The van der Waals surface area contributed by atoms with Crippen LogP contribution in [0.3, 0.4) is 0 Å². The number of hydrogen-bond acceptors (Lipinski definition) is 1. The van der Waals surface area contributed by atoms with Gasteiger partial charge in [-0.1, -0.05) is 6.92 Å². The van der Waals surface area contributed by atoms with Gasteiger partial charge < -0.3 is 4.90 Å². The van der Waals surface area contributed by atoms with Crippen LogP contribution in [0.1, 0.15) is 6.92 Å². The zero-order valence-corrected chi connectivity index (χ0v) is 11.4. The molecule has 0 radical (unpaired) electrons. The second kappa shape index (κ2) is 0.514. The summed E-state index contributed by atoms with van der Waals surface area (Å²) in [6.45, 7) is 0.981. The van der Waals surface area contributed by atoms with Crippen LogP contribution < -0.4 is 0 Å². The Bertz CT molecular complexity index is 638. The van der Waals surface area contributed by atoms with Crippen molar-refractivity contribution in [3.05, 3.63) is 0 Å². The molecule has 0 N–H and O–H groups in total. The Morgan fingerprint density at radius 1 is 0.688 bits per heavy atom. The van der Waals surface area contributed by atoms with Crippen molar-refractivity contribution in [2.75, 3.05) is 20.6 Å². The van der Waals surface area contributed by atoms with E-state index in [1.807, 2.05) is 0 Å². The van der Waals surface area contributed by atoms with Crippen molar-refractivity contribution < 1.29 is 6.51 Å². The van der Waals surface area contributed by atoms with Crippen LogP contribution in [0, 0.1) is 0 Å². The minimum absolute atomic E-state index is 1.14. The van der Waals surface area contributed by atoms with Gasteiger partial charge in [0.2, 0.25) is 0 Å². The second-order valence-corrected chi connectivity index (χ2v) is 34.9. The van der Waals surface area contributed by atoms with Gasteiger partial charge in [-0.25, -0.2) is 0 Å². The quantitative estimate of drug-likeness (QED) is 0.644. The van der Waals surface area contributed by atoms with Crippen LogP contribution in [-0.4, -0.2) is 25.5 Å². The molecule has 1 spiro atoms. The summed E-state index contributed by atoms with van der Waals surface area (Å²) in [5.41, 5.74) is 0. The van der Waals surface area contributed by atoms with Gasteiger partial charge in [-0.2, -0.15) is 0 Å². The van der Waals surface area contributed by atoms with Crippen molar-refractivity contribution in [2.24, 2.45) is 0 Å². The fourth-order valence-electron chi connectivity index (χ4n) is 15.8. The Morgan fingerprint density at radius 2 is 0.875 bits per heavy atom. The van der Waals surface area contributed by atoms with E-state index >= 15 is 0 Å². The van der Waals surface area contributed by atoms with E-state index in [0.29, 0.717) is 0 Å². The van der Waals surface area contributed by atoms with Crippen LogP contribution in [0.25, 0.3) is 0 Å². The summed E-state index contributed by atoms with van der Waals surface area (Å²) in [6, 6.07) is 0. The average molecular weight is 259 g/mol. The molecule has 1 nitrogen and oxygen atoms in total. The first-order chi connectivity index (χ1) is 7.43. The van der Waals surface area contributed by atoms with Gasteiger partial charge in [0, 0.05) is 0 Å². The summed E-state index contributed by atoms with van der Waals surface area (Å²) in [5.74, 6) is 0. The zero-order valence-electron chi connectivity index (χ0n) is 10.3. The molecule has 0 amide bonds. The van der Waals surface area contributed by atoms with E-state index in [1.165, 1.54) is 0 Å². The van der Waals surface area contributed by atoms with Crippen molar-refractivity contribution in [3.63, 3.8) is 0 Å². The summed E-state index contributed by atoms with van der Waals surface area (Å²) >= 11 is 0. The molecule has 0 unspecified atom stereocenters. The van der Waals surface area contributed by atoms with Crippen LogP contribution in [0.5, 0.6) is 0 Å². The fourth-order valence-corrected chi connectivity index (χ4v) is 88.0. The fraction of sp³-hybridized carbons (Fsp3) is 1.00. The summed E-state index contributed by atoms with van der Waals surface area (Å²) in [5, 5.41) is 0. The Labute approximate surface area is 87.2 Å². The molecule has 10 aliphatic rings. The first-order valence-electron chi connectivity index (χ1n) is 7.29. The summed E-state index contributed by atoms with van der Waals surface area (Å²) in [7, 11) is 4.11. The minimum atomic E-state index is -2.28. The number of nitrogens with zero attached hydrogens (tertiary/aromatic N) is 1. The molecule has 0 saturated carbocycles. The van der Waals surface area contributed by atoms with Gasteiger partial charge >= 0.3 is 54.7 Å². The molecule has 10 rings (SSSR count). The Kier molecular flexibility index (Phi) is 0.212. The number of hydrogen-bond donors (Lipinski definition) is 0. The normalized spacial score (nSPS) is 120. The van der Waals surface area contributed by atoms with E-state index in [-0.39, 0.29) is 0 Å². The topological polar surface area (TPSA) is 3.24 Å². The third-order valence-corrected chi connectivity index (χ3v) is 57.1. The van der Waals surface area contributed by atoms with E-state index in [9.17, 15) is 0 Å². The molecule has 0 aromatic carbocycles. The van der Waals surface area contributed by atoms with Gasteiger partial charge in [0.1, 0.15) is 0 Å². The van der Waals surface area contributed by atoms with E-state index in [0.717, 1.165) is 6.54 Å². The third-order valence-electron chi connectivity index (χ3n) is 15.2. The summed E-state index contributed by atoms with van der Waals surface area (Å²) in [6.07, 6.45) is 0. The van der Waals surface area contributed by atoms with Crippen LogP contribution in [-0.2, 0) is 6.51 Å². The summed E-state index contributed by atoms with van der Waals surface area (Å²) < 4.78 is 0. The van der Waals surface area contributed by atoms with E-state index in [2.05, 4.69) is 25.9 Å². The maximum absolute atomic E-state index is 2.28. The predicted octanol–water partition coefficient (Wildman–Crippen LogP) is 3.94. The summed E-state index contributed by atoms with van der Waals surface area (Å²) in [4.78, 5) is 18.0. The molecule has 10 heterocycles. The molecule has 10 aliphatic heterocycles. The first-order valence-corrected chi connectivity index (χ1v) is 13.7. The standard InChI is InChI=1S/2C5H5.C4H11N.Fe/c2*1-2-4-5-3-1;1-4-5(2)3;/h2*1-5H;4H2,1-3H3;. The maximum atomic E-state index is 2.12. The second-order valence-electron chi connectivity index (χ2n) is 11.0. The van der Waals surface area contributed by atoms with Gasteiger partial charge in [-0.15, -0.1) is 0 Å². The molecule has 2 heteroatoms. The van der Waals surface area contributed by atoms with E-state index in [1.54, 1.807) is 48.2 Å². The van der Waals surface area contributed by atoms with Crippen molar-refractivity contribution in [1.29, 1.82) is 0 Å². The molecule has 0 aliphatic carbocycles. The van der Waals surface area contributed by atoms with Gasteiger partial charge in [-0.05, 0) is 20.6 Å². The van der Waals surface area contributed by atoms with Crippen LogP contribution in [0.4, 0.5) is 0 Å². The van der Waals surface area contributed by atoms with Crippen molar-refractivity contribution in [3.8, 4) is 0 Å².